The molecule has 1 aliphatic heterocycles. The molecule has 0 radical (unpaired) electrons. The summed E-state index contributed by atoms with van der Waals surface area (Å²) in [5.41, 5.74) is 0.833. The van der Waals surface area contributed by atoms with Gasteiger partial charge in [-0.05, 0) is 18.3 Å². The van der Waals surface area contributed by atoms with Crippen molar-refractivity contribution in [3.05, 3.63) is 24.3 Å². The first-order valence-electron chi connectivity index (χ1n) is 6.56. The van der Waals surface area contributed by atoms with Gasteiger partial charge in [0.2, 0.25) is 0 Å². The van der Waals surface area contributed by atoms with E-state index in [1.54, 1.807) is 0 Å². The van der Waals surface area contributed by atoms with E-state index in [1.165, 1.54) is 5.57 Å². The highest BCUT2D eigenvalue weighted by molar-refractivity contribution is 5.90. The summed E-state index contributed by atoms with van der Waals surface area (Å²) in [6, 6.07) is 0. The Morgan fingerprint density at radius 2 is 2.29 bits per heavy atom. The molecule has 0 aromatic carbocycles. The highest BCUT2D eigenvalue weighted by atomic mass is 16.5. The van der Waals surface area contributed by atoms with Gasteiger partial charge in [-0.25, -0.2) is 0 Å². The van der Waals surface area contributed by atoms with Gasteiger partial charge >= 0.3 is 0 Å². The third-order valence-corrected chi connectivity index (χ3v) is 4.85. The molecule has 0 spiro atoms. The minimum absolute atomic E-state index is 0.213. The van der Waals surface area contributed by atoms with E-state index in [2.05, 4.69) is 32.6 Å². The highest BCUT2D eigenvalue weighted by Crippen LogP contribution is 2.55. The van der Waals surface area contributed by atoms with Crippen LogP contribution in [0, 0.1) is 23.2 Å². The first-order chi connectivity index (χ1) is 8.06. The van der Waals surface area contributed by atoms with Crippen molar-refractivity contribution in [1.29, 1.82) is 0 Å². The van der Waals surface area contributed by atoms with E-state index in [-0.39, 0.29) is 17.4 Å². The summed E-state index contributed by atoms with van der Waals surface area (Å²) in [5.74, 6) is 1.47. The predicted octanol–water partition coefficient (Wildman–Crippen LogP) is 2.75. The summed E-state index contributed by atoms with van der Waals surface area (Å²) < 4.78 is 6.00. The minimum atomic E-state index is -0.356. The summed E-state index contributed by atoms with van der Waals surface area (Å²) in [6.07, 6.45) is 6.00. The summed E-state index contributed by atoms with van der Waals surface area (Å²) in [6.45, 7) is 9.13. The molecule has 2 heteroatoms. The van der Waals surface area contributed by atoms with Crippen LogP contribution in [0.4, 0.5) is 0 Å². The maximum absolute atomic E-state index is 12.5. The van der Waals surface area contributed by atoms with Crippen molar-refractivity contribution in [2.75, 3.05) is 6.61 Å². The molecule has 3 rings (SSSR count). The molecule has 2 fully saturated rings. The molecule has 3 aliphatic rings. The molecule has 4 atom stereocenters. The molecule has 92 valence electrons. The summed E-state index contributed by atoms with van der Waals surface area (Å²) in [5, 5.41) is 0. The van der Waals surface area contributed by atoms with Crippen LogP contribution < -0.4 is 0 Å². The standard InChI is InChI=1S/C15H20O2/c1-9(2)11-7-12(16)15-6-4-5-10(3)13(15)14(11)17-8-15/h4,6,9,11,13-14H,3,5,7-8H2,1-2H3. The Morgan fingerprint density at radius 1 is 1.53 bits per heavy atom. The Bertz CT molecular complexity index is 407. The van der Waals surface area contributed by atoms with E-state index >= 15 is 0 Å². The third kappa shape index (κ3) is 1.33. The van der Waals surface area contributed by atoms with Crippen LogP contribution in [0.5, 0.6) is 0 Å². The van der Waals surface area contributed by atoms with E-state index in [0.29, 0.717) is 30.6 Å². The number of hydrogen-bond acceptors (Lipinski definition) is 2. The Balaban J connectivity index is 2.06. The molecule has 4 unspecified atom stereocenters. The lowest BCUT2D eigenvalue weighted by Gasteiger charge is -2.43. The largest absolute Gasteiger partial charge is 0.376 e. The van der Waals surface area contributed by atoms with Gasteiger partial charge in [0.25, 0.3) is 0 Å². The Labute approximate surface area is 103 Å². The summed E-state index contributed by atoms with van der Waals surface area (Å²) in [4.78, 5) is 12.5. The van der Waals surface area contributed by atoms with Crippen LogP contribution in [-0.2, 0) is 9.53 Å². The minimum Gasteiger partial charge on any atom is -0.376 e. The lowest BCUT2D eigenvalue weighted by Crippen LogP contribution is -2.49. The van der Waals surface area contributed by atoms with Crippen LogP contribution in [0.3, 0.4) is 0 Å². The number of carbonyl (C=O) groups excluding carboxylic acids is 1. The van der Waals surface area contributed by atoms with Gasteiger partial charge in [0, 0.05) is 12.3 Å². The molecule has 1 saturated heterocycles. The fourth-order valence-corrected chi connectivity index (χ4v) is 3.86. The van der Waals surface area contributed by atoms with Crippen molar-refractivity contribution in [1.82, 2.24) is 0 Å². The highest BCUT2D eigenvalue weighted by Gasteiger charge is 2.60. The van der Waals surface area contributed by atoms with Crippen molar-refractivity contribution >= 4 is 5.78 Å². The average molecular weight is 232 g/mol. The van der Waals surface area contributed by atoms with Crippen molar-refractivity contribution in [3.8, 4) is 0 Å². The first-order valence-corrected chi connectivity index (χ1v) is 6.56. The number of ketones is 1. The second-order valence-corrected chi connectivity index (χ2v) is 6.09. The lowest BCUT2D eigenvalue weighted by molar-refractivity contribution is -0.131. The zero-order chi connectivity index (χ0) is 12.2. The molecule has 0 N–H and O–H groups in total. The molecule has 1 saturated carbocycles. The third-order valence-electron chi connectivity index (χ3n) is 4.85. The normalized spacial score (nSPS) is 44.3. The number of Topliss-reactive ketones (excluding diaryl/α,β-unsaturated/α-hetero) is 1. The van der Waals surface area contributed by atoms with Gasteiger partial charge in [0.1, 0.15) is 5.78 Å². The Kier molecular flexibility index (Phi) is 2.34. The zero-order valence-corrected chi connectivity index (χ0v) is 10.6. The second kappa shape index (κ2) is 3.55. The zero-order valence-electron chi connectivity index (χ0n) is 10.6. The number of hydrogen-bond donors (Lipinski definition) is 0. The van der Waals surface area contributed by atoms with E-state index in [1.807, 2.05) is 0 Å². The van der Waals surface area contributed by atoms with Gasteiger partial charge < -0.3 is 4.74 Å². The van der Waals surface area contributed by atoms with E-state index in [4.69, 9.17) is 4.74 Å². The van der Waals surface area contributed by atoms with Crippen LogP contribution in [-0.4, -0.2) is 18.5 Å². The van der Waals surface area contributed by atoms with Gasteiger partial charge in [-0.1, -0.05) is 38.2 Å². The van der Waals surface area contributed by atoms with Crippen LogP contribution in [0.15, 0.2) is 24.3 Å². The summed E-state index contributed by atoms with van der Waals surface area (Å²) >= 11 is 0. The maximum atomic E-state index is 12.5. The number of rotatable bonds is 1. The fraction of sp³-hybridized carbons (Fsp3) is 0.667. The molecule has 2 nitrogen and oxygen atoms in total. The lowest BCUT2D eigenvalue weighted by atomic mass is 9.57. The topological polar surface area (TPSA) is 26.3 Å². The van der Waals surface area contributed by atoms with E-state index in [0.717, 1.165) is 6.42 Å². The Hall–Kier alpha value is -0.890. The molecule has 0 aromatic heterocycles. The second-order valence-electron chi connectivity index (χ2n) is 6.09. The van der Waals surface area contributed by atoms with Crippen molar-refractivity contribution in [2.45, 2.75) is 32.8 Å². The molecule has 0 aromatic rings. The smallest absolute Gasteiger partial charge is 0.146 e. The molecule has 0 amide bonds. The molecule has 1 heterocycles. The average Bonchev–Trinajstić information content (AvgIpc) is 2.61. The van der Waals surface area contributed by atoms with Crippen molar-refractivity contribution in [3.63, 3.8) is 0 Å². The first kappa shape index (κ1) is 11.2. The number of ether oxygens (including phenoxy) is 1. The SMILES string of the molecule is C=C1CC=CC23COC(C(C(C)C)CC2=O)C13. The number of allylic oxidation sites excluding steroid dienone is 1. The molecular weight excluding hydrogens is 212 g/mol. The van der Waals surface area contributed by atoms with Gasteiger partial charge in [-0.15, -0.1) is 0 Å². The van der Waals surface area contributed by atoms with Crippen LogP contribution >= 0.6 is 0 Å². The molecule has 17 heavy (non-hydrogen) atoms. The van der Waals surface area contributed by atoms with Crippen molar-refractivity contribution < 1.29 is 9.53 Å². The fourth-order valence-electron chi connectivity index (χ4n) is 3.86. The maximum Gasteiger partial charge on any atom is 0.146 e. The van der Waals surface area contributed by atoms with Gasteiger partial charge in [-0.3, -0.25) is 4.79 Å². The monoisotopic (exact) mass is 232 g/mol. The van der Waals surface area contributed by atoms with Gasteiger partial charge in [0.15, 0.2) is 0 Å². The van der Waals surface area contributed by atoms with E-state index < -0.39 is 0 Å². The molecule has 2 aliphatic carbocycles. The van der Waals surface area contributed by atoms with E-state index in [9.17, 15) is 4.79 Å². The van der Waals surface area contributed by atoms with Crippen LogP contribution in [0.1, 0.15) is 26.7 Å². The van der Waals surface area contributed by atoms with Crippen LogP contribution in [0.2, 0.25) is 0 Å². The number of carbonyl (C=O) groups is 1. The summed E-state index contributed by atoms with van der Waals surface area (Å²) in [7, 11) is 0. The molecular formula is C15H20O2. The van der Waals surface area contributed by atoms with Crippen molar-refractivity contribution in [2.24, 2.45) is 23.2 Å². The molecule has 2 bridgehead atoms. The predicted molar refractivity (Wildman–Crippen MR) is 66.5 cm³/mol. The Morgan fingerprint density at radius 3 is 3.00 bits per heavy atom. The quantitative estimate of drug-likeness (QED) is 0.650. The van der Waals surface area contributed by atoms with Crippen LogP contribution in [0.25, 0.3) is 0 Å². The van der Waals surface area contributed by atoms with Gasteiger partial charge in [-0.2, -0.15) is 0 Å². The van der Waals surface area contributed by atoms with Gasteiger partial charge in [0.05, 0.1) is 18.1 Å².